The van der Waals surface area contributed by atoms with Crippen LogP contribution in [0.4, 0.5) is 0 Å². The van der Waals surface area contributed by atoms with Gasteiger partial charge in [-0.15, -0.1) is 15.0 Å². The third-order valence-corrected chi connectivity index (χ3v) is 5.70. The fourth-order valence-electron chi connectivity index (χ4n) is 3.23. The van der Waals surface area contributed by atoms with Gasteiger partial charge in [-0.3, -0.25) is 4.79 Å². The van der Waals surface area contributed by atoms with Gasteiger partial charge in [0.1, 0.15) is 28.1 Å². The van der Waals surface area contributed by atoms with Crippen LogP contribution in [-0.4, -0.2) is 31.7 Å². The Hall–Kier alpha value is -2.60. The summed E-state index contributed by atoms with van der Waals surface area (Å²) in [5.41, 5.74) is 2.52. The first-order valence-electron chi connectivity index (χ1n) is 10.5. The second-order valence-corrected chi connectivity index (χ2v) is 9.85. The molecule has 6 nitrogen and oxygen atoms in total. The molecular weight excluding hydrogens is 414 g/mol. The monoisotopic (exact) mass is 443 g/mol. The summed E-state index contributed by atoms with van der Waals surface area (Å²) in [6, 6.07) is 9.14. The van der Waals surface area contributed by atoms with E-state index in [9.17, 15) is 9.90 Å². The number of phenolic OH excluding ortho intramolecular Hbond substituents is 1. The van der Waals surface area contributed by atoms with E-state index in [2.05, 4.69) is 10.2 Å². The fraction of sp³-hybridized carbons (Fsp3) is 0.458. The Bertz CT molecular complexity index is 1110. The lowest BCUT2D eigenvalue weighted by Crippen LogP contribution is -2.27. The third kappa shape index (κ3) is 5.18. The molecule has 0 bridgehead atoms. The van der Waals surface area contributed by atoms with Crippen LogP contribution in [0.2, 0.25) is 5.02 Å². The molecule has 0 fully saturated rings. The van der Waals surface area contributed by atoms with E-state index in [1.165, 1.54) is 4.80 Å². The van der Waals surface area contributed by atoms with Crippen molar-refractivity contribution in [2.24, 2.45) is 0 Å². The zero-order valence-corrected chi connectivity index (χ0v) is 19.7. The van der Waals surface area contributed by atoms with E-state index in [4.69, 9.17) is 16.3 Å². The van der Waals surface area contributed by atoms with Crippen molar-refractivity contribution in [3.05, 3.63) is 46.5 Å². The number of aromatic hydroxyl groups is 1. The number of hydrogen-bond acceptors (Lipinski definition) is 5. The Morgan fingerprint density at radius 2 is 1.87 bits per heavy atom. The van der Waals surface area contributed by atoms with Crippen LogP contribution in [0.15, 0.2) is 30.3 Å². The molecule has 0 aliphatic heterocycles. The highest BCUT2D eigenvalue weighted by atomic mass is 35.5. The molecule has 3 aromatic rings. The predicted octanol–water partition coefficient (Wildman–Crippen LogP) is 5.74. The average Bonchev–Trinajstić information content (AvgIpc) is 3.11. The summed E-state index contributed by atoms with van der Waals surface area (Å²) >= 11 is 6.25. The predicted molar refractivity (Wildman–Crippen MR) is 123 cm³/mol. The maximum atomic E-state index is 12.3. The van der Waals surface area contributed by atoms with Crippen LogP contribution in [0.1, 0.15) is 65.5 Å². The van der Waals surface area contributed by atoms with Gasteiger partial charge in [0, 0.05) is 12.0 Å². The number of aryl methyl sites for hydroxylation is 1. The van der Waals surface area contributed by atoms with Crippen LogP contribution in [0.25, 0.3) is 16.7 Å². The average molecular weight is 444 g/mol. The summed E-state index contributed by atoms with van der Waals surface area (Å²) in [4.78, 5) is 13.7. The summed E-state index contributed by atoms with van der Waals surface area (Å²) in [6.07, 6.45) is 1.48. The standard InChI is InChI=1S/C24H30ClN3O3/c1-7-24(5,6)31-20(29)12-11-15-13-16(23(2,3)4)22(30)19(14-15)28-26-18-10-8-9-17(25)21(18)27-28/h8-10,13-14,30H,7,11-12H2,1-6H3. The Labute approximate surface area is 188 Å². The molecule has 3 rings (SSSR count). The van der Waals surface area contributed by atoms with Crippen LogP contribution in [0, 0.1) is 0 Å². The molecule has 31 heavy (non-hydrogen) atoms. The van der Waals surface area contributed by atoms with Gasteiger partial charge in [0.05, 0.1) is 5.02 Å². The van der Waals surface area contributed by atoms with Gasteiger partial charge in [-0.25, -0.2) is 0 Å². The topological polar surface area (TPSA) is 77.2 Å². The van der Waals surface area contributed by atoms with Crippen LogP contribution in [0.3, 0.4) is 0 Å². The molecule has 0 aliphatic carbocycles. The number of esters is 1. The Kier molecular flexibility index (Phi) is 6.33. The van der Waals surface area contributed by atoms with Crippen molar-refractivity contribution < 1.29 is 14.6 Å². The number of benzene rings is 2. The number of nitrogens with zero attached hydrogens (tertiary/aromatic N) is 3. The molecule has 0 atom stereocenters. The summed E-state index contributed by atoms with van der Waals surface area (Å²) in [7, 11) is 0. The number of carbonyl (C=O) groups excluding carboxylic acids is 1. The molecular formula is C24H30ClN3O3. The SMILES string of the molecule is CCC(C)(C)OC(=O)CCc1cc(-n2nc3cccc(Cl)c3n2)c(O)c(C(C)(C)C)c1. The number of halogens is 1. The van der Waals surface area contributed by atoms with Crippen molar-refractivity contribution >= 4 is 28.6 Å². The third-order valence-electron chi connectivity index (χ3n) is 5.40. The number of phenols is 1. The first-order chi connectivity index (χ1) is 14.4. The lowest BCUT2D eigenvalue weighted by Gasteiger charge is -2.24. The minimum absolute atomic E-state index is 0.113. The number of rotatable bonds is 6. The molecule has 0 saturated carbocycles. The highest BCUT2D eigenvalue weighted by molar-refractivity contribution is 6.34. The van der Waals surface area contributed by atoms with E-state index in [0.717, 1.165) is 17.5 Å². The molecule has 1 aromatic heterocycles. The summed E-state index contributed by atoms with van der Waals surface area (Å²) < 4.78 is 5.57. The maximum absolute atomic E-state index is 12.3. The van der Waals surface area contributed by atoms with Gasteiger partial charge in [0.2, 0.25) is 0 Å². The van der Waals surface area contributed by atoms with Crippen LogP contribution < -0.4 is 0 Å². The molecule has 166 valence electrons. The number of ether oxygens (including phenoxy) is 1. The zero-order valence-electron chi connectivity index (χ0n) is 19.0. The molecule has 1 N–H and O–H groups in total. The van der Waals surface area contributed by atoms with Crippen molar-refractivity contribution in [3.8, 4) is 11.4 Å². The quantitative estimate of drug-likeness (QED) is 0.491. The molecule has 0 aliphatic rings. The van der Waals surface area contributed by atoms with Gasteiger partial charge in [-0.2, -0.15) is 0 Å². The largest absolute Gasteiger partial charge is 0.505 e. The van der Waals surface area contributed by atoms with Gasteiger partial charge in [0.25, 0.3) is 0 Å². The van der Waals surface area contributed by atoms with Gasteiger partial charge < -0.3 is 9.84 Å². The van der Waals surface area contributed by atoms with E-state index in [0.29, 0.717) is 28.2 Å². The molecule has 0 radical (unpaired) electrons. The van der Waals surface area contributed by atoms with E-state index in [-0.39, 0.29) is 23.6 Å². The normalized spacial score (nSPS) is 12.4. The van der Waals surface area contributed by atoms with Crippen molar-refractivity contribution in [2.45, 2.75) is 71.8 Å². The van der Waals surface area contributed by atoms with Gasteiger partial charge in [-0.05, 0) is 55.9 Å². The lowest BCUT2D eigenvalue weighted by atomic mass is 9.84. The maximum Gasteiger partial charge on any atom is 0.306 e. The van der Waals surface area contributed by atoms with Crippen LogP contribution in [0.5, 0.6) is 5.75 Å². The van der Waals surface area contributed by atoms with Crippen molar-refractivity contribution in [1.29, 1.82) is 0 Å². The number of hydrogen-bond donors (Lipinski definition) is 1. The minimum atomic E-state index is -0.480. The number of carbonyl (C=O) groups is 1. The number of fused-ring (bicyclic) bond motifs is 1. The zero-order chi connectivity index (χ0) is 23.0. The molecule has 0 unspecified atom stereocenters. The second kappa shape index (κ2) is 8.50. The lowest BCUT2D eigenvalue weighted by molar-refractivity contribution is -0.156. The smallest absolute Gasteiger partial charge is 0.306 e. The van der Waals surface area contributed by atoms with Crippen molar-refractivity contribution in [3.63, 3.8) is 0 Å². The number of aromatic nitrogens is 3. The van der Waals surface area contributed by atoms with Gasteiger partial charge in [-0.1, -0.05) is 51.4 Å². The summed E-state index contributed by atoms with van der Waals surface area (Å²) in [5, 5.41) is 20.5. The summed E-state index contributed by atoms with van der Waals surface area (Å²) in [5.74, 6) is -0.129. The van der Waals surface area contributed by atoms with E-state index >= 15 is 0 Å². The minimum Gasteiger partial charge on any atom is -0.505 e. The summed E-state index contributed by atoms with van der Waals surface area (Å²) in [6.45, 7) is 11.9. The highest BCUT2D eigenvalue weighted by Gasteiger charge is 2.24. The Morgan fingerprint density at radius 3 is 2.48 bits per heavy atom. The Morgan fingerprint density at radius 1 is 1.16 bits per heavy atom. The molecule has 1 heterocycles. The first kappa shape index (κ1) is 23.1. The van der Waals surface area contributed by atoms with E-state index in [1.54, 1.807) is 6.07 Å². The van der Waals surface area contributed by atoms with E-state index in [1.807, 2.05) is 65.8 Å². The molecule has 2 aromatic carbocycles. The van der Waals surface area contributed by atoms with Gasteiger partial charge >= 0.3 is 5.97 Å². The first-order valence-corrected chi connectivity index (χ1v) is 10.9. The van der Waals surface area contributed by atoms with Crippen molar-refractivity contribution in [1.82, 2.24) is 15.0 Å². The van der Waals surface area contributed by atoms with Crippen LogP contribution in [-0.2, 0) is 21.4 Å². The molecule has 0 spiro atoms. The molecule has 0 amide bonds. The van der Waals surface area contributed by atoms with E-state index < -0.39 is 5.60 Å². The van der Waals surface area contributed by atoms with Crippen molar-refractivity contribution in [2.75, 3.05) is 0 Å². The molecule has 0 saturated heterocycles. The highest BCUT2D eigenvalue weighted by Crippen LogP contribution is 2.37. The Balaban J connectivity index is 1.99. The fourth-order valence-corrected chi connectivity index (χ4v) is 3.44. The molecule has 7 heteroatoms. The van der Waals surface area contributed by atoms with Gasteiger partial charge in [0.15, 0.2) is 0 Å². The second-order valence-electron chi connectivity index (χ2n) is 9.45. The van der Waals surface area contributed by atoms with Crippen LogP contribution >= 0.6 is 11.6 Å².